The van der Waals surface area contributed by atoms with Crippen molar-refractivity contribution in [1.82, 2.24) is 14.3 Å². The number of fused-ring (bicyclic) bond motifs is 1. The Balaban J connectivity index is 2.62. The first-order valence-electron chi connectivity index (χ1n) is 9.16. The number of ether oxygens (including phenoxy) is 1. The number of alkyl halides is 3. The molecule has 27 heavy (non-hydrogen) atoms. The zero-order valence-electron chi connectivity index (χ0n) is 17.6. The fourth-order valence-corrected chi connectivity index (χ4v) is 3.27. The number of aromatic nitrogens is 3. The van der Waals surface area contributed by atoms with Crippen molar-refractivity contribution in [3.05, 3.63) is 34.5 Å². The third-order valence-electron chi connectivity index (χ3n) is 4.37. The summed E-state index contributed by atoms with van der Waals surface area (Å²) in [4.78, 5) is 12.1. The lowest BCUT2D eigenvalue weighted by Crippen LogP contribution is -2.17. The Morgan fingerprint density at radius 1 is 1.33 bits per heavy atom. The van der Waals surface area contributed by atoms with Gasteiger partial charge in [-0.2, -0.15) is 18.3 Å². The number of methoxy groups -OCH3 is 1. The Kier molecular flexibility index (Phi) is 3.28. The van der Waals surface area contributed by atoms with Crippen LogP contribution in [0.4, 0.5) is 19.0 Å². The van der Waals surface area contributed by atoms with Crippen LogP contribution in [0.1, 0.15) is 31.3 Å². The molecule has 1 amide bonds. The van der Waals surface area contributed by atoms with Crippen molar-refractivity contribution in [3.8, 4) is 11.4 Å². The van der Waals surface area contributed by atoms with Gasteiger partial charge in [-0.15, -0.1) is 0 Å². The molecule has 0 atom stereocenters. The Hall–Kier alpha value is -3.17. The largest absolute Gasteiger partial charge is 0.496 e. The summed E-state index contributed by atoms with van der Waals surface area (Å²) in [6, 6.07) is 3.30. The minimum absolute atomic E-state index is 0.134. The predicted octanol–water partition coefficient (Wildman–Crippen LogP) is 2.69. The van der Waals surface area contributed by atoms with Crippen LogP contribution in [0.25, 0.3) is 16.7 Å². The van der Waals surface area contributed by atoms with E-state index in [4.69, 9.17) is 20.3 Å². The van der Waals surface area contributed by atoms with Crippen LogP contribution in [0.3, 0.4) is 0 Å². The van der Waals surface area contributed by atoms with Gasteiger partial charge < -0.3 is 16.2 Å². The van der Waals surface area contributed by atoms with E-state index < -0.39 is 41.4 Å². The number of hydrogen-bond acceptors (Lipinski definition) is 4. The molecule has 3 rings (SSSR count). The number of hydrogen-bond donors (Lipinski definition) is 2. The van der Waals surface area contributed by atoms with E-state index in [1.807, 2.05) is 0 Å². The van der Waals surface area contributed by atoms with Crippen molar-refractivity contribution >= 4 is 22.8 Å². The quantitative estimate of drug-likeness (QED) is 0.725. The highest BCUT2D eigenvalue weighted by Gasteiger charge is 2.41. The molecule has 0 radical (unpaired) electrons. The van der Waals surface area contributed by atoms with Crippen LogP contribution >= 0.6 is 0 Å². The Labute approximate surface area is 156 Å². The van der Waals surface area contributed by atoms with Gasteiger partial charge in [0.2, 0.25) is 0 Å². The van der Waals surface area contributed by atoms with E-state index in [-0.39, 0.29) is 10.5 Å². The zero-order valence-corrected chi connectivity index (χ0v) is 14.6. The number of nitrogens with zero attached hydrogens (tertiary/aromatic N) is 3. The maximum atomic E-state index is 13.9. The second-order valence-corrected chi connectivity index (χ2v) is 5.98. The number of amides is 1. The molecule has 2 heterocycles. The van der Waals surface area contributed by atoms with E-state index in [0.29, 0.717) is 22.6 Å². The van der Waals surface area contributed by atoms with E-state index >= 15 is 0 Å². The summed E-state index contributed by atoms with van der Waals surface area (Å²) < 4.78 is 70.3. The van der Waals surface area contributed by atoms with Gasteiger partial charge in [0.05, 0.1) is 23.7 Å². The first-order chi connectivity index (χ1) is 13.7. The number of anilines is 1. The summed E-state index contributed by atoms with van der Waals surface area (Å²) >= 11 is 0. The minimum atomic E-state index is -5.15. The third-order valence-corrected chi connectivity index (χ3v) is 4.37. The first-order valence-corrected chi connectivity index (χ1v) is 7.66. The second kappa shape index (κ2) is 5.93. The number of rotatable bonds is 3. The topological polar surface area (TPSA) is 101 Å². The van der Waals surface area contributed by atoms with Crippen LogP contribution in [0, 0.1) is 13.8 Å². The summed E-state index contributed by atoms with van der Waals surface area (Å²) in [5.74, 6) is -1.23. The summed E-state index contributed by atoms with van der Waals surface area (Å²) in [5.41, 5.74) is 10.0. The average molecular weight is 384 g/mol. The molecule has 0 unspecified atom stereocenters. The second-order valence-electron chi connectivity index (χ2n) is 5.98. The van der Waals surface area contributed by atoms with Gasteiger partial charge in [-0.1, -0.05) is 6.07 Å². The summed E-state index contributed by atoms with van der Waals surface area (Å²) in [6.45, 7) is 0.0427. The zero-order chi connectivity index (χ0) is 22.8. The van der Waals surface area contributed by atoms with Crippen molar-refractivity contribution in [2.24, 2.45) is 12.7 Å². The normalized spacial score (nSPS) is 14.1. The molecular weight excluding hydrogens is 363 g/mol. The number of primary amides is 1. The highest BCUT2D eigenvalue weighted by molar-refractivity contribution is 6.12. The van der Waals surface area contributed by atoms with Crippen molar-refractivity contribution in [2.75, 3.05) is 12.8 Å². The Bertz CT molecular complexity index is 1180. The SMILES string of the molecule is [2H]C([2H])([2H])n1nc2c(c(C(N)=O)c(N)n2-c2c(C)ccc(OC)c2C)c1C(F)(F)F. The highest BCUT2D eigenvalue weighted by atomic mass is 19.4. The number of nitrogen functional groups attached to an aromatic ring is 1. The van der Waals surface area contributed by atoms with Gasteiger partial charge in [0.25, 0.3) is 5.91 Å². The molecule has 4 N–H and O–H groups in total. The van der Waals surface area contributed by atoms with Gasteiger partial charge >= 0.3 is 6.18 Å². The fourth-order valence-electron chi connectivity index (χ4n) is 3.27. The lowest BCUT2D eigenvalue weighted by molar-refractivity contribution is -0.142. The highest BCUT2D eigenvalue weighted by Crippen LogP contribution is 2.42. The molecule has 0 aliphatic rings. The number of carbonyl (C=O) groups excluding carboxylic acids is 1. The molecule has 7 nitrogen and oxygen atoms in total. The monoisotopic (exact) mass is 384 g/mol. The number of benzene rings is 1. The molecule has 3 aromatic rings. The van der Waals surface area contributed by atoms with E-state index in [9.17, 15) is 18.0 Å². The van der Waals surface area contributed by atoms with E-state index in [2.05, 4.69) is 5.10 Å². The number of halogens is 3. The van der Waals surface area contributed by atoms with E-state index in [0.717, 1.165) is 4.57 Å². The van der Waals surface area contributed by atoms with Crippen molar-refractivity contribution < 1.29 is 26.8 Å². The fraction of sp³-hybridized carbons (Fsp3) is 0.294. The van der Waals surface area contributed by atoms with Gasteiger partial charge in [0.15, 0.2) is 11.3 Å². The minimum Gasteiger partial charge on any atom is -0.496 e. The van der Waals surface area contributed by atoms with Gasteiger partial charge in [0.1, 0.15) is 11.6 Å². The molecule has 2 aromatic heterocycles. The van der Waals surface area contributed by atoms with Gasteiger partial charge in [-0.25, -0.2) is 0 Å². The summed E-state index contributed by atoms with van der Waals surface area (Å²) in [6.07, 6.45) is -5.15. The van der Waals surface area contributed by atoms with Crippen molar-refractivity contribution in [1.29, 1.82) is 0 Å². The van der Waals surface area contributed by atoms with Crippen LogP contribution in [-0.2, 0) is 13.2 Å². The van der Waals surface area contributed by atoms with E-state index in [1.165, 1.54) is 7.11 Å². The Morgan fingerprint density at radius 3 is 2.52 bits per heavy atom. The molecule has 0 saturated carbocycles. The molecule has 0 aliphatic heterocycles. The molecule has 144 valence electrons. The van der Waals surface area contributed by atoms with Crippen molar-refractivity contribution in [2.45, 2.75) is 20.0 Å². The lowest BCUT2D eigenvalue weighted by Gasteiger charge is -2.16. The summed E-state index contributed by atoms with van der Waals surface area (Å²) in [7, 11) is 1.41. The average Bonchev–Trinajstić information content (AvgIpc) is 3.09. The van der Waals surface area contributed by atoms with Crippen LogP contribution in [-0.4, -0.2) is 27.4 Å². The lowest BCUT2D eigenvalue weighted by atomic mass is 10.1. The molecular formula is C17H18F3N5O2. The smallest absolute Gasteiger partial charge is 0.433 e. The molecule has 0 bridgehead atoms. The van der Waals surface area contributed by atoms with Crippen LogP contribution in [0.2, 0.25) is 0 Å². The molecule has 0 saturated heterocycles. The van der Waals surface area contributed by atoms with Gasteiger partial charge in [0, 0.05) is 16.7 Å². The van der Waals surface area contributed by atoms with Crippen LogP contribution in [0.15, 0.2) is 12.1 Å². The number of nitrogens with two attached hydrogens (primary N) is 2. The molecule has 1 aromatic carbocycles. The van der Waals surface area contributed by atoms with E-state index in [1.54, 1.807) is 26.0 Å². The van der Waals surface area contributed by atoms with Crippen LogP contribution in [0.5, 0.6) is 5.75 Å². The van der Waals surface area contributed by atoms with Gasteiger partial charge in [-0.05, 0) is 25.5 Å². The maximum absolute atomic E-state index is 13.9. The number of carbonyl (C=O) groups is 1. The standard InChI is InChI=1S/C17H18F3N5O2/c1-7-5-6-9(27-4)8(2)12(7)25-14(21)11(15(22)26)10-13(17(18,19)20)24(3)23-16(10)25/h5-6H,21H2,1-4H3,(H2,22,26)/i3D3. The number of aryl methyl sites for hydroxylation is 2. The Morgan fingerprint density at radius 2 is 2.00 bits per heavy atom. The molecule has 0 fully saturated rings. The van der Waals surface area contributed by atoms with Gasteiger partial charge in [-0.3, -0.25) is 14.0 Å². The predicted molar refractivity (Wildman–Crippen MR) is 94.0 cm³/mol. The maximum Gasteiger partial charge on any atom is 0.433 e. The van der Waals surface area contributed by atoms with Crippen LogP contribution < -0.4 is 16.2 Å². The molecule has 0 spiro atoms. The third kappa shape index (κ3) is 2.59. The molecule has 0 aliphatic carbocycles. The molecule has 10 heteroatoms. The first kappa shape index (κ1) is 14.9. The summed E-state index contributed by atoms with van der Waals surface area (Å²) in [5, 5.41) is 2.92. The van der Waals surface area contributed by atoms with Crippen molar-refractivity contribution in [3.63, 3.8) is 0 Å².